The molecule has 0 fully saturated rings. The summed E-state index contributed by atoms with van der Waals surface area (Å²) in [6, 6.07) is 0.963. The highest BCUT2D eigenvalue weighted by atomic mass is 32.1. The van der Waals surface area contributed by atoms with Gasteiger partial charge in [-0.15, -0.1) is 11.3 Å². The zero-order valence-electron chi connectivity index (χ0n) is 14.0. The first-order valence-electron chi connectivity index (χ1n) is 8.30. The third kappa shape index (κ3) is 5.92. The average molecular weight is 297 g/mol. The number of thiazole rings is 1. The Labute approximate surface area is 129 Å². The summed E-state index contributed by atoms with van der Waals surface area (Å²) in [5.41, 5.74) is 1.28. The van der Waals surface area contributed by atoms with Gasteiger partial charge in [-0.25, -0.2) is 4.98 Å². The number of aryl methyl sites for hydroxylation is 2. The molecule has 0 saturated heterocycles. The topological polar surface area (TPSA) is 24.9 Å². The van der Waals surface area contributed by atoms with E-state index >= 15 is 0 Å². The third-order valence-electron chi connectivity index (χ3n) is 3.67. The van der Waals surface area contributed by atoms with Crippen molar-refractivity contribution in [1.29, 1.82) is 0 Å². The van der Waals surface area contributed by atoms with E-state index in [1.807, 2.05) is 11.3 Å². The van der Waals surface area contributed by atoms with Gasteiger partial charge in [-0.2, -0.15) is 0 Å². The molecule has 3 heteroatoms. The van der Waals surface area contributed by atoms with Crippen molar-refractivity contribution in [3.63, 3.8) is 0 Å². The van der Waals surface area contributed by atoms with Crippen LogP contribution in [0.4, 0.5) is 0 Å². The summed E-state index contributed by atoms with van der Waals surface area (Å²) in [5, 5.41) is 4.99. The highest BCUT2D eigenvalue weighted by Gasteiger charge is 2.17. The molecule has 0 radical (unpaired) electrons. The molecule has 0 aliphatic rings. The number of hydrogen-bond acceptors (Lipinski definition) is 3. The first-order chi connectivity index (χ1) is 9.58. The minimum Gasteiger partial charge on any atom is -0.306 e. The molecule has 116 valence electrons. The Balaban J connectivity index is 2.58. The molecule has 1 rings (SSSR count). The van der Waals surface area contributed by atoms with E-state index in [1.54, 1.807) is 0 Å². The molecule has 1 atom stereocenters. The number of hydrogen-bond donors (Lipinski definition) is 1. The van der Waals surface area contributed by atoms with Crippen molar-refractivity contribution in [3.05, 3.63) is 15.6 Å². The first kappa shape index (κ1) is 17.6. The van der Waals surface area contributed by atoms with Gasteiger partial charge in [-0.05, 0) is 19.8 Å². The Morgan fingerprint density at radius 3 is 2.35 bits per heavy atom. The summed E-state index contributed by atoms with van der Waals surface area (Å²) in [6.45, 7) is 11.1. The van der Waals surface area contributed by atoms with E-state index in [9.17, 15) is 0 Å². The van der Waals surface area contributed by atoms with E-state index < -0.39 is 0 Å². The fourth-order valence-corrected chi connectivity index (χ4v) is 3.67. The van der Waals surface area contributed by atoms with Crippen LogP contribution >= 0.6 is 11.3 Å². The molecule has 1 aromatic heterocycles. The molecule has 1 aromatic rings. The fourth-order valence-electron chi connectivity index (χ4n) is 2.56. The standard InChI is InChI=1S/C17H32N2S/c1-6-8-9-10-11-12-16(18-13(3)4)17-19-15(7-2)14(5)20-17/h13,16,18H,6-12H2,1-5H3. The third-order valence-corrected chi connectivity index (χ3v) is 4.80. The van der Waals surface area contributed by atoms with E-state index in [0.29, 0.717) is 12.1 Å². The van der Waals surface area contributed by atoms with Crippen LogP contribution in [0.25, 0.3) is 0 Å². The first-order valence-corrected chi connectivity index (χ1v) is 9.12. The predicted molar refractivity (Wildman–Crippen MR) is 90.6 cm³/mol. The van der Waals surface area contributed by atoms with Crippen molar-refractivity contribution < 1.29 is 0 Å². The van der Waals surface area contributed by atoms with Crippen LogP contribution < -0.4 is 5.32 Å². The zero-order valence-corrected chi connectivity index (χ0v) is 14.8. The molecule has 1 unspecified atom stereocenters. The second kappa shape index (κ2) is 9.51. The van der Waals surface area contributed by atoms with Gasteiger partial charge >= 0.3 is 0 Å². The van der Waals surface area contributed by atoms with Gasteiger partial charge in [-0.3, -0.25) is 0 Å². The predicted octanol–water partition coefficient (Wildman–Crippen LogP) is 5.41. The molecule has 20 heavy (non-hydrogen) atoms. The second-order valence-electron chi connectivity index (χ2n) is 5.99. The lowest BCUT2D eigenvalue weighted by Gasteiger charge is -2.19. The van der Waals surface area contributed by atoms with Gasteiger partial charge in [0.2, 0.25) is 0 Å². The molecule has 0 aromatic carbocycles. The van der Waals surface area contributed by atoms with Crippen LogP contribution in [0.2, 0.25) is 0 Å². The van der Waals surface area contributed by atoms with Gasteiger partial charge in [-0.1, -0.05) is 59.8 Å². The lowest BCUT2D eigenvalue weighted by Crippen LogP contribution is -2.28. The van der Waals surface area contributed by atoms with E-state index in [-0.39, 0.29) is 0 Å². The molecule has 0 spiro atoms. The van der Waals surface area contributed by atoms with Crippen molar-refractivity contribution in [2.75, 3.05) is 0 Å². The Kier molecular flexibility index (Phi) is 8.39. The lowest BCUT2D eigenvalue weighted by molar-refractivity contribution is 0.430. The minimum absolute atomic E-state index is 0.445. The smallest absolute Gasteiger partial charge is 0.110 e. The molecule has 0 aliphatic heterocycles. The number of unbranched alkanes of at least 4 members (excludes halogenated alkanes) is 4. The van der Waals surface area contributed by atoms with Gasteiger partial charge in [0.15, 0.2) is 0 Å². The molecule has 2 nitrogen and oxygen atoms in total. The normalized spacial score (nSPS) is 13.1. The number of rotatable bonds is 10. The summed E-state index contributed by atoms with van der Waals surface area (Å²) >= 11 is 1.88. The highest BCUT2D eigenvalue weighted by molar-refractivity contribution is 7.11. The van der Waals surface area contributed by atoms with Crippen LogP contribution in [0.15, 0.2) is 0 Å². The number of nitrogens with zero attached hydrogens (tertiary/aromatic N) is 1. The summed E-state index contributed by atoms with van der Waals surface area (Å²) < 4.78 is 0. The van der Waals surface area contributed by atoms with Gasteiger partial charge in [0.25, 0.3) is 0 Å². The Morgan fingerprint density at radius 2 is 1.80 bits per heavy atom. The van der Waals surface area contributed by atoms with Crippen LogP contribution in [0.5, 0.6) is 0 Å². The van der Waals surface area contributed by atoms with Crippen molar-refractivity contribution in [1.82, 2.24) is 10.3 Å². The quantitative estimate of drug-likeness (QED) is 0.584. The molecule has 1 N–H and O–H groups in total. The molecule has 1 heterocycles. The highest BCUT2D eigenvalue weighted by Crippen LogP contribution is 2.27. The Bertz CT molecular complexity index is 371. The summed E-state index contributed by atoms with van der Waals surface area (Å²) in [7, 11) is 0. The minimum atomic E-state index is 0.445. The summed E-state index contributed by atoms with van der Waals surface area (Å²) in [5.74, 6) is 0. The Morgan fingerprint density at radius 1 is 1.10 bits per heavy atom. The van der Waals surface area contributed by atoms with Gasteiger partial charge in [0, 0.05) is 10.9 Å². The molecular formula is C17H32N2S. The van der Waals surface area contributed by atoms with Crippen LogP contribution in [-0.2, 0) is 6.42 Å². The SMILES string of the molecule is CCCCCCCC(NC(C)C)c1nc(CC)c(C)s1. The molecule has 0 bridgehead atoms. The van der Waals surface area contributed by atoms with Gasteiger partial charge < -0.3 is 5.32 Å². The van der Waals surface area contributed by atoms with Gasteiger partial charge in [0.1, 0.15) is 5.01 Å². The number of aromatic nitrogens is 1. The summed E-state index contributed by atoms with van der Waals surface area (Å²) in [4.78, 5) is 6.25. The van der Waals surface area contributed by atoms with Crippen molar-refractivity contribution in [2.45, 2.75) is 91.6 Å². The maximum Gasteiger partial charge on any atom is 0.110 e. The van der Waals surface area contributed by atoms with E-state index in [1.165, 1.54) is 54.1 Å². The van der Waals surface area contributed by atoms with Crippen molar-refractivity contribution in [3.8, 4) is 0 Å². The van der Waals surface area contributed by atoms with E-state index in [0.717, 1.165) is 6.42 Å². The van der Waals surface area contributed by atoms with E-state index in [2.05, 4.69) is 39.9 Å². The van der Waals surface area contributed by atoms with Crippen molar-refractivity contribution in [2.24, 2.45) is 0 Å². The van der Waals surface area contributed by atoms with Crippen molar-refractivity contribution >= 4 is 11.3 Å². The maximum atomic E-state index is 4.85. The second-order valence-corrected chi connectivity index (χ2v) is 7.22. The van der Waals surface area contributed by atoms with Crippen LogP contribution in [0.3, 0.4) is 0 Å². The van der Waals surface area contributed by atoms with Gasteiger partial charge in [0.05, 0.1) is 11.7 Å². The Hall–Kier alpha value is -0.410. The fraction of sp³-hybridized carbons (Fsp3) is 0.824. The maximum absolute atomic E-state index is 4.85. The average Bonchev–Trinajstić information content (AvgIpc) is 2.78. The molecule has 0 amide bonds. The van der Waals surface area contributed by atoms with Crippen LogP contribution in [0, 0.1) is 6.92 Å². The molecule has 0 aliphatic carbocycles. The molecular weight excluding hydrogens is 264 g/mol. The monoisotopic (exact) mass is 296 g/mol. The molecule has 0 saturated carbocycles. The lowest BCUT2D eigenvalue weighted by atomic mass is 10.1. The zero-order chi connectivity index (χ0) is 15.0. The summed E-state index contributed by atoms with van der Waals surface area (Å²) in [6.07, 6.45) is 9.00. The van der Waals surface area contributed by atoms with E-state index in [4.69, 9.17) is 4.98 Å². The van der Waals surface area contributed by atoms with Crippen LogP contribution in [-0.4, -0.2) is 11.0 Å². The van der Waals surface area contributed by atoms with Crippen LogP contribution in [0.1, 0.15) is 87.8 Å². The largest absolute Gasteiger partial charge is 0.306 e. The number of nitrogens with one attached hydrogen (secondary N) is 1.